The quantitative estimate of drug-likeness (QED) is 0.318. The number of nitrogens with zero attached hydrogens (tertiary/aromatic N) is 1. The van der Waals surface area contributed by atoms with Gasteiger partial charge < -0.3 is 21.3 Å². The topological polar surface area (TPSA) is 130 Å². The summed E-state index contributed by atoms with van der Waals surface area (Å²) in [5.41, 5.74) is 7.11. The number of likely N-dealkylation sites (tertiary alicyclic amines) is 1. The van der Waals surface area contributed by atoms with Gasteiger partial charge in [0.15, 0.2) is 0 Å². The van der Waals surface area contributed by atoms with E-state index in [2.05, 4.69) is 10.6 Å². The number of anilines is 1. The zero-order chi connectivity index (χ0) is 22.1. The molecule has 1 saturated carbocycles. The number of aryl methyl sites for hydroxylation is 1. The number of nitrogens with two attached hydrogens (primary N) is 2. The number of carbonyl (C=O) groups excluding carboxylic acids is 3. The molecule has 2 atom stereocenters. The number of hydrogen-bond donors (Lipinski definition) is 4. The maximum Gasteiger partial charge on any atom is 0.313 e. The third kappa shape index (κ3) is 5.05. The van der Waals surface area contributed by atoms with Gasteiger partial charge in [-0.2, -0.15) is 0 Å². The Labute approximate surface area is 185 Å². The fraction of sp³-hybridized carbons (Fsp3) is 0.500. The minimum atomic E-state index is -0.752. The number of alkyl halides is 2. The first kappa shape index (κ1) is 22.4. The van der Waals surface area contributed by atoms with Crippen molar-refractivity contribution < 1.29 is 19.8 Å². The predicted molar refractivity (Wildman–Crippen MR) is 115 cm³/mol. The molecule has 2 fully saturated rings. The van der Waals surface area contributed by atoms with Crippen molar-refractivity contribution in [3.8, 4) is 0 Å². The van der Waals surface area contributed by atoms with Crippen molar-refractivity contribution in [2.45, 2.75) is 36.6 Å². The summed E-state index contributed by atoms with van der Waals surface area (Å²) in [6.45, 7) is 2.75. The normalized spacial score (nSPS) is 21.8. The molecule has 10 heteroatoms. The van der Waals surface area contributed by atoms with Crippen molar-refractivity contribution in [1.29, 1.82) is 0 Å². The van der Waals surface area contributed by atoms with Crippen molar-refractivity contribution in [1.82, 2.24) is 10.2 Å². The first-order valence-electron chi connectivity index (χ1n) is 9.82. The summed E-state index contributed by atoms with van der Waals surface area (Å²) in [6, 6.07) is 4.75. The lowest BCUT2D eigenvalue weighted by atomic mass is 10.0. The average Bonchev–Trinajstić information content (AvgIpc) is 3.06. The first-order chi connectivity index (χ1) is 14.1. The highest BCUT2D eigenvalue weighted by Crippen LogP contribution is 2.52. The Hall–Kier alpha value is -2.32. The Balaban J connectivity index is 1.60. The minimum absolute atomic E-state index is 0.0403. The van der Waals surface area contributed by atoms with Crippen molar-refractivity contribution in [3.05, 3.63) is 29.3 Å². The van der Waals surface area contributed by atoms with Gasteiger partial charge in [-0.1, -0.05) is 6.07 Å². The van der Waals surface area contributed by atoms with Crippen LogP contribution in [0.15, 0.2) is 18.2 Å². The lowest BCUT2D eigenvalue weighted by molar-refractivity contribution is -0.137. The molecule has 0 unspecified atom stereocenters. The molecule has 6 N–H and O–H groups in total. The molecule has 2 aliphatic rings. The van der Waals surface area contributed by atoms with Crippen LogP contribution < -0.4 is 21.8 Å². The van der Waals surface area contributed by atoms with E-state index in [-0.39, 0.29) is 30.0 Å². The van der Waals surface area contributed by atoms with Gasteiger partial charge >= 0.3 is 5.91 Å². The molecule has 162 valence electrons. The fourth-order valence-corrected chi connectivity index (χ4v) is 4.14. The monoisotopic (exact) mass is 454 g/mol. The Morgan fingerprint density at radius 1 is 1.33 bits per heavy atom. The molecular formula is C20H26Cl2N5O3+. The van der Waals surface area contributed by atoms with Crippen LogP contribution in [-0.2, 0) is 14.4 Å². The van der Waals surface area contributed by atoms with E-state index >= 15 is 0 Å². The molecule has 3 rings (SSSR count). The summed E-state index contributed by atoms with van der Waals surface area (Å²) in [6.07, 6.45) is 2.01. The van der Waals surface area contributed by atoms with Crippen LogP contribution in [0.25, 0.3) is 0 Å². The lowest BCUT2D eigenvalue weighted by Gasteiger charge is -2.24. The molecule has 8 nitrogen and oxygen atoms in total. The second-order valence-electron chi connectivity index (χ2n) is 7.83. The van der Waals surface area contributed by atoms with Gasteiger partial charge in [-0.15, -0.1) is 23.2 Å². The highest BCUT2D eigenvalue weighted by Gasteiger charge is 2.51. The second kappa shape index (κ2) is 8.81. The molecule has 1 saturated heterocycles. The Morgan fingerprint density at radius 2 is 2.03 bits per heavy atom. The van der Waals surface area contributed by atoms with E-state index in [0.717, 1.165) is 12.0 Å². The predicted octanol–water partition coefficient (Wildman–Crippen LogP) is -0.259. The number of amides is 3. The van der Waals surface area contributed by atoms with Crippen LogP contribution in [-0.4, -0.2) is 58.3 Å². The molecule has 0 aromatic heterocycles. The number of primary amides is 1. The van der Waals surface area contributed by atoms with Crippen molar-refractivity contribution >= 4 is 52.3 Å². The maximum atomic E-state index is 12.8. The zero-order valence-corrected chi connectivity index (χ0v) is 18.2. The summed E-state index contributed by atoms with van der Waals surface area (Å²) in [4.78, 5) is 38.4. The Bertz CT molecular complexity index is 889. The molecule has 1 aromatic rings. The molecule has 1 heterocycles. The number of hydrogen-bond acceptors (Lipinski definition) is 4. The fourth-order valence-electron chi connectivity index (χ4n) is 3.61. The van der Waals surface area contributed by atoms with Crippen LogP contribution in [0.1, 0.15) is 30.4 Å². The zero-order valence-electron chi connectivity index (χ0n) is 16.7. The molecule has 0 radical (unpaired) electrons. The molecule has 0 bridgehead atoms. The second-order valence-corrected chi connectivity index (χ2v) is 9.38. The number of halogens is 2. The molecule has 0 spiro atoms. The maximum absolute atomic E-state index is 12.8. The van der Waals surface area contributed by atoms with Crippen LogP contribution in [0, 0.1) is 12.8 Å². The molecular weight excluding hydrogens is 429 g/mol. The van der Waals surface area contributed by atoms with Crippen LogP contribution in [0.3, 0.4) is 0 Å². The van der Waals surface area contributed by atoms with Gasteiger partial charge in [-0.3, -0.25) is 14.4 Å². The highest BCUT2D eigenvalue weighted by atomic mass is 35.5. The Kier molecular flexibility index (Phi) is 6.57. The van der Waals surface area contributed by atoms with Crippen molar-refractivity contribution in [2.75, 3.05) is 25.0 Å². The van der Waals surface area contributed by atoms with Crippen LogP contribution in [0.5, 0.6) is 0 Å². The van der Waals surface area contributed by atoms with E-state index in [4.69, 9.17) is 34.3 Å². The average molecular weight is 455 g/mol. The van der Waals surface area contributed by atoms with Gasteiger partial charge in [0.1, 0.15) is 10.4 Å². The van der Waals surface area contributed by atoms with E-state index in [1.54, 1.807) is 23.1 Å². The van der Waals surface area contributed by atoms with E-state index in [1.807, 2.05) is 6.92 Å². The standard InChI is InChI=1S/C20H25Cl2N5O3/c1-11-4-5-13(17(23)18(24)29)14(7-11)25-10-16(28)27-6-2-3-15(27)19(30)26-9-12-8-20(12,21)22/h4-5,7,12,15,23,25H,2-3,6,8-10H2,1H3,(H2,24,29)(H,26,30)/p+1/t12-,15+/m1/s1. The molecule has 1 aromatic carbocycles. The Morgan fingerprint density at radius 3 is 2.67 bits per heavy atom. The highest BCUT2D eigenvalue weighted by molar-refractivity contribution is 6.50. The summed E-state index contributed by atoms with van der Waals surface area (Å²) in [5.74, 6) is -1.10. The molecule has 1 aliphatic heterocycles. The van der Waals surface area contributed by atoms with E-state index in [9.17, 15) is 14.4 Å². The van der Waals surface area contributed by atoms with Crippen molar-refractivity contribution in [2.24, 2.45) is 11.7 Å². The molecule has 1 aliphatic carbocycles. The van der Waals surface area contributed by atoms with E-state index in [1.165, 1.54) is 0 Å². The van der Waals surface area contributed by atoms with Gasteiger partial charge in [0.05, 0.1) is 12.1 Å². The molecule has 3 amide bonds. The van der Waals surface area contributed by atoms with Gasteiger partial charge in [0, 0.05) is 24.7 Å². The van der Waals surface area contributed by atoms with Gasteiger partial charge in [-0.25, -0.2) is 5.41 Å². The summed E-state index contributed by atoms with van der Waals surface area (Å²) < 4.78 is -0.752. The van der Waals surface area contributed by atoms with Crippen LogP contribution in [0.2, 0.25) is 0 Å². The van der Waals surface area contributed by atoms with Gasteiger partial charge in [0.25, 0.3) is 5.71 Å². The van der Waals surface area contributed by atoms with E-state index < -0.39 is 16.3 Å². The number of benzene rings is 1. The van der Waals surface area contributed by atoms with Crippen LogP contribution >= 0.6 is 23.2 Å². The summed E-state index contributed by atoms with van der Waals surface area (Å²) in [7, 11) is 0. The number of nitrogens with one attached hydrogen (secondary N) is 2. The smallest absolute Gasteiger partial charge is 0.313 e. The molecule has 30 heavy (non-hydrogen) atoms. The van der Waals surface area contributed by atoms with Crippen molar-refractivity contribution in [3.63, 3.8) is 0 Å². The summed E-state index contributed by atoms with van der Waals surface area (Å²) >= 11 is 12.0. The summed E-state index contributed by atoms with van der Waals surface area (Å²) in [5, 5.41) is 11.7. The third-order valence-electron chi connectivity index (χ3n) is 5.51. The minimum Gasteiger partial charge on any atom is -0.375 e. The largest absolute Gasteiger partial charge is 0.375 e. The third-order valence-corrected chi connectivity index (χ3v) is 6.44. The lowest BCUT2D eigenvalue weighted by Crippen LogP contribution is -2.49. The van der Waals surface area contributed by atoms with E-state index in [0.29, 0.717) is 37.2 Å². The van der Waals surface area contributed by atoms with Crippen LogP contribution in [0.4, 0.5) is 5.69 Å². The first-order valence-corrected chi connectivity index (χ1v) is 10.6. The number of rotatable bonds is 8. The van der Waals surface area contributed by atoms with Gasteiger partial charge in [-0.05, 0) is 43.9 Å². The number of carbonyl (C=O) groups is 3. The van der Waals surface area contributed by atoms with Gasteiger partial charge in [0.2, 0.25) is 11.8 Å². The SMILES string of the molecule is Cc1ccc(C(=[NH2+])C(N)=O)c(NCC(=O)N2CCC[C@H]2C(=O)NC[C@H]2CC2(Cl)Cl)c1.